The van der Waals surface area contributed by atoms with Gasteiger partial charge in [0.1, 0.15) is 0 Å². The van der Waals surface area contributed by atoms with Gasteiger partial charge < -0.3 is 15.1 Å². The molecule has 0 atom stereocenters. The second-order valence-electron chi connectivity index (χ2n) is 8.46. The third kappa shape index (κ3) is 5.66. The topological polar surface area (TPSA) is 55.9 Å². The number of aryl methyl sites for hydroxylation is 1. The fraction of sp³-hybridized carbons (Fsp3) is 0.500. The Morgan fingerprint density at radius 2 is 1.90 bits per heavy atom. The summed E-state index contributed by atoms with van der Waals surface area (Å²) in [6.07, 6.45) is 2.27. The zero-order valence-corrected chi connectivity index (χ0v) is 19.1. The van der Waals surface area contributed by atoms with E-state index in [2.05, 4.69) is 52.9 Å². The average molecular weight is 441 g/mol. The minimum atomic E-state index is -0.0516. The number of carbonyl (C=O) groups is 2. The van der Waals surface area contributed by atoms with E-state index in [-0.39, 0.29) is 11.9 Å². The fourth-order valence-corrected chi connectivity index (χ4v) is 5.26. The van der Waals surface area contributed by atoms with Gasteiger partial charge in [-0.25, -0.2) is 4.79 Å². The molecule has 2 aliphatic rings. The minimum absolute atomic E-state index is 0.0516. The molecule has 1 aromatic heterocycles. The van der Waals surface area contributed by atoms with E-state index in [1.165, 1.54) is 21.6 Å². The summed E-state index contributed by atoms with van der Waals surface area (Å²) in [5, 5.41) is 5.06. The highest BCUT2D eigenvalue weighted by molar-refractivity contribution is 7.10. The predicted octanol–water partition coefficient (Wildman–Crippen LogP) is 3.25. The molecule has 0 bridgehead atoms. The van der Waals surface area contributed by atoms with Crippen LogP contribution in [0.15, 0.2) is 35.7 Å². The Morgan fingerprint density at radius 3 is 2.77 bits per heavy atom. The van der Waals surface area contributed by atoms with Gasteiger partial charge in [-0.05, 0) is 47.9 Å². The molecule has 166 valence electrons. The molecule has 4 rings (SSSR count). The quantitative estimate of drug-likeness (QED) is 0.777. The molecule has 1 N–H and O–H groups in total. The molecule has 0 radical (unpaired) electrons. The Morgan fingerprint density at radius 1 is 1.03 bits per heavy atom. The molecule has 2 aromatic rings. The third-order valence-corrected chi connectivity index (χ3v) is 7.33. The summed E-state index contributed by atoms with van der Waals surface area (Å²) in [4.78, 5) is 32.8. The number of nitrogens with zero attached hydrogens (tertiary/aromatic N) is 3. The van der Waals surface area contributed by atoms with E-state index in [0.29, 0.717) is 19.5 Å². The Hall–Kier alpha value is -2.38. The number of thiophene rings is 1. The van der Waals surface area contributed by atoms with Crippen molar-refractivity contribution in [3.8, 4) is 0 Å². The molecule has 1 aromatic carbocycles. The summed E-state index contributed by atoms with van der Waals surface area (Å²) in [6, 6.07) is 10.6. The largest absolute Gasteiger partial charge is 0.338 e. The van der Waals surface area contributed by atoms with Crippen LogP contribution in [0.5, 0.6) is 0 Å². The lowest BCUT2D eigenvalue weighted by molar-refractivity contribution is -0.131. The second-order valence-corrected chi connectivity index (χ2v) is 9.46. The van der Waals surface area contributed by atoms with Crippen LogP contribution in [0.4, 0.5) is 4.79 Å². The molecule has 1 saturated heterocycles. The van der Waals surface area contributed by atoms with Crippen LogP contribution in [-0.2, 0) is 24.3 Å². The summed E-state index contributed by atoms with van der Waals surface area (Å²) >= 11 is 1.78. The molecule has 31 heavy (non-hydrogen) atoms. The molecule has 3 heterocycles. The number of hydrogen-bond donors (Lipinski definition) is 1. The number of amides is 3. The lowest BCUT2D eigenvalue weighted by atomic mass is 10.1. The first-order chi connectivity index (χ1) is 15.1. The monoisotopic (exact) mass is 440 g/mol. The van der Waals surface area contributed by atoms with Gasteiger partial charge in [-0.15, -0.1) is 11.3 Å². The first-order valence-electron chi connectivity index (χ1n) is 11.2. The SMILES string of the molecule is Cc1ccccc1CN1CCCN(C(=O)NCCC(=O)N2CCc3sccc3C2)CC1. The smallest absolute Gasteiger partial charge is 0.317 e. The standard InChI is InChI=1S/C24H32N4O2S/c1-19-5-2-3-6-20(19)17-26-11-4-12-27(15-14-26)24(30)25-10-7-23(29)28-13-8-22-21(18-28)9-16-31-22/h2-3,5-6,9,16H,4,7-8,10-15,17-18H2,1H3,(H,25,30). The van der Waals surface area contributed by atoms with Crippen molar-refractivity contribution in [2.45, 2.75) is 39.3 Å². The highest BCUT2D eigenvalue weighted by atomic mass is 32.1. The van der Waals surface area contributed by atoms with E-state index >= 15 is 0 Å². The van der Waals surface area contributed by atoms with Crippen molar-refractivity contribution in [3.05, 3.63) is 57.3 Å². The summed E-state index contributed by atoms with van der Waals surface area (Å²) in [6.45, 7) is 8.31. The van der Waals surface area contributed by atoms with E-state index in [4.69, 9.17) is 0 Å². The van der Waals surface area contributed by atoms with Crippen LogP contribution >= 0.6 is 11.3 Å². The Balaban J connectivity index is 1.19. The number of carbonyl (C=O) groups excluding carboxylic acids is 2. The number of hydrogen-bond acceptors (Lipinski definition) is 4. The molecular formula is C24H32N4O2S. The van der Waals surface area contributed by atoms with Gasteiger partial charge in [0.2, 0.25) is 5.91 Å². The first kappa shape index (κ1) is 21.8. The Bertz CT molecular complexity index is 912. The van der Waals surface area contributed by atoms with Crippen molar-refractivity contribution >= 4 is 23.3 Å². The average Bonchev–Trinajstić information content (AvgIpc) is 3.12. The predicted molar refractivity (Wildman–Crippen MR) is 124 cm³/mol. The molecule has 0 unspecified atom stereocenters. The summed E-state index contributed by atoms with van der Waals surface area (Å²) in [7, 11) is 0. The molecule has 0 saturated carbocycles. The number of urea groups is 1. The van der Waals surface area contributed by atoms with Crippen LogP contribution in [0.2, 0.25) is 0 Å². The van der Waals surface area contributed by atoms with Crippen LogP contribution in [0.3, 0.4) is 0 Å². The molecule has 0 spiro atoms. The summed E-state index contributed by atoms with van der Waals surface area (Å²) in [5.41, 5.74) is 3.94. The van der Waals surface area contributed by atoms with Gasteiger partial charge in [0.15, 0.2) is 0 Å². The van der Waals surface area contributed by atoms with Crippen LogP contribution in [0.25, 0.3) is 0 Å². The van der Waals surface area contributed by atoms with Crippen LogP contribution in [0.1, 0.15) is 34.4 Å². The summed E-state index contributed by atoms with van der Waals surface area (Å²) < 4.78 is 0. The molecule has 6 nitrogen and oxygen atoms in total. The van der Waals surface area contributed by atoms with Crippen LogP contribution < -0.4 is 5.32 Å². The molecule has 7 heteroatoms. The first-order valence-corrected chi connectivity index (χ1v) is 12.1. The molecule has 2 aliphatic heterocycles. The van der Waals surface area contributed by atoms with Gasteiger partial charge in [-0.3, -0.25) is 9.69 Å². The van der Waals surface area contributed by atoms with Gasteiger partial charge in [0.25, 0.3) is 0 Å². The minimum Gasteiger partial charge on any atom is -0.338 e. The van der Waals surface area contributed by atoms with Crippen molar-refractivity contribution in [2.24, 2.45) is 0 Å². The van der Waals surface area contributed by atoms with Crippen molar-refractivity contribution in [2.75, 3.05) is 39.3 Å². The Kier molecular flexibility index (Phi) is 7.25. The summed E-state index contributed by atoms with van der Waals surface area (Å²) in [5.74, 6) is 0.123. The molecular weight excluding hydrogens is 408 g/mol. The van der Waals surface area contributed by atoms with E-state index in [1.807, 2.05) is 9.80 Å². The van der Waals surface area contributed by atoms with E-state index in [0.717, 1.165) is 52.1 Å². The lowest BCUT2D eigenvalue weighted by Crippen LogP contribution is -2.43. The van der Waals surface area contributed by atoms with Crippen molar-refractivity contribution in [1.29, 1.82) is 0 Å². The highest BCUT2D eigenvalue weighted by Crippen LogP contribution is 2.24. The normalized spacial score (nSPS) is 17.2. The van der Waals surface area contributed by atoms with Crippen molar-refractivity contribution in [3.63, 3.8) is 0 Å². The zero-order valence-electron chi connectivity index (χ0n) is 18.3. The van der Waals surface area contributed by atoms with E-state index in [9.17, 15) is 9.59 Å². The number of benzene rings is 1. The fourth-order valence-electron chi connectivity index (χ4n) is 4.37. The number of rotatable bonds is 5. The molecule has 3 amide bonds. The Labute approximate surface area is 188 Å². The highest BCUT2D eigenvalue weighted by Gasteiger charge is 2.22. The second kappa shape index (κ2) is 10.3. The molecule has 1 fully saturated rings. The van der Waals surface area contributed by atoms with Crippen LogP contribution in [-0.4, -0.2) is 65.9 Å². The van der Waals surface area contributed by atoms with Crippen molar-refractivity contribution in [1.82, 2.24) is 20.0 Å². The van der Waals surface area contributed by atoms with E-state index in [1.54, 1.807) is 11.3 Å². The number of fused-ring (bicyclic) bond motifs is 1. The van der Waals surface area contributed by atoms with Gasteiger partial charge in [-0.2, -0.15) is 0 Å². The van der Waals surface area contributed by atoms with E-state index < -0.39 is 0 Å². The van der Waals surface area contributed by atoms with Crippen LogP contribution in [0, 0.1) is 6.92 Å². The third-order valence-electron chi connectivity index (χ3n) is 6.31. The maximum absolute atomic E-state index is 12.6. The maximum Gasteiger partial charge on any atom is 0.317 e. The van der Waals surface area contributed by atoms with Gasteiger partial charge in [0.05, 0.1) is 0 Å². The lowest BCUT2D eigenvalue weighted by Gasteiger charge is -2.27. The molecule has 0 aliphatic carbocycles. The number of nitrogens with one attached hydrogen (secondary N) is 1. The zero-order chi connectivity index (χ0) is 21.6. The maximum atomic E-state index is 12.6. The van der Waals surface area contributed by atoms with Crippen molar-refractivity contribution < 1.29 is 9.59 Å². The van der Waals surface area contributed by atoms with Gasteiger partial charge in [0, 0.05) is 63.7 Å². The van der Waals surface area contributed by atoms with Gasteiger partial charge >= 0.3 is 6.03 Å². The van der Waals surface area contributed by atoms with Gasteiger partial charge in [-0.1, -0.05) is 24.3 Å².